The molecule has 1 aromatic carbocycles. The first-order valence-electron chi connectivity index (χ1n) is 9.58. The van der Waals surface area contributed by atoms with Crippen molar-refractivity contribution in [2.24, 2.45) is 0 Å². The predicted molar refractivity (Wildman–Crippen MR) is 110 cm³/mol. The Hall–Kier alpha value is -4.19. The van der Waals surface area contributed by atoms with Crippen LogP contribution in [0.3, 0.4) is 0 Å². The molecule has 0 fully saturated rings. The van der Waals surface area contributed by atoms with Gasteiger partial charge in [-0.1, -0.05) is 18.2 Å². The quantitative estimate of drug-likeness (QED) is 0.476. The van der Waals surface area contributed by atoms with Gasteiger partial charge in [0.1, 0.15) is 11.5 Å². The highest BCUT2D eigenvalue weighted by Gasteiger charge is 2.35. The van der Waals surface area contributed by atoms with Gasteiger partial charge >= 0.3 is 6.18 Å². The standard InChI is InChI=1S/C23H16F3N5O/c24-23(25,26)20-10-18(11-22(32)31(20)21-3-1-2-8-29-21)14-30-15-28-13-19(30)9-16-4-6-17(12-27)7-5-16/h1-8,10-11,13,15H,9,14H2. The molecule has 0 saturated heterocycles. The van der Waals surface area contributed by atoms with Gasteiger partial charge in [-0.15, -0.1) is 0 Å². The highest BCUT2D eigenvalue weighted by atomic mass is 19.4. The molecule has 160 valence electrons. The summed E-state index contributed by atoms with van der Waals surface area (Å²) in [5.41, 5.74) is 0.517. The minimum absolute atomic E-state index is 0.0486. The third kappa shape index (κ3) is 4.44. The number of halogens is 3. The summed E-state index contributed by atoms with van der Waals surface area (Å²) >= 11 is 0. The predicted octanol–water partition coefficient (Wildman–Crippen LogP) is 3.96. The molecule has 6 nitrogen and oxygen atoms in total. The van der Waals surface area contributed by atoms with E-state index in [1.54, 1.807) is 29.0 Å². The molecule has 32 heavy (non-hydrogen) atoms. The first-order chi connectivity index (χ1) is 15.3. The number of hydrogen-bond donors (Lipinski definition) is 0. The van der Waals surface area contributed by atoms with Crippen molar-refractivity contribution in [3.8, 4) is 11.9 Å². The SMILES string of the molecule is N#Cc1ccc(Cc2cncn2Cc2cc(C(F)(F)F)n(-c3ccccn3)c(=O)c2)cc1. The van der Waals surface area contributed by atoms with Crippen LogP contribution in [-0.2, 0) is 19.1 Å². The Morgan fingerprint density at radius 1 is 1.03 bits per heavy atom. The van der Waals surface area contributed by atoms with E-state index in [2.05, 4.69) is 16.0 Å². The van der Waals surface area contributed by atoms with Gasteiger partial charge in [-0.2, -0.15) is 18.4 Å². The van der Waals surface area contributed by atoms with E-state index in [0.717, 1.165) is 17.3 Å². The molecule has 0 N–H and O–H groups in total. The number of alkyl halides is 3. The van der Waals surface area contributed by atoms with Crippen molar-refractivity contribution in [3.63, 3.8) is 0 Å². The van der Waals surface area contributed by atoms with E-state index in [-0.39, 0.29) is 17.9 Å². The van der Waals surface area contributed by atoms with Crippen molar-refractivity contribution in [3.05, 3.63) is 112 Å². The van der Waals surface area contributed by atoms with Gasteiger partial charge < -0.3 is 4.57 Å². The van der Waals surface area contributed by atoms with E-state index < -0.39 is 17.4 Å². The largest absolute Gasteiger partial charge is 0.431 e. The minimum Gasteiger partial charge on any atom is -0.330 e. The Bertz CT molecular complexity index is 1330. The van der Waals surface area contributed by atoms with Gasteiger partial charge in [0.25, 0.3) is 5.56 Å². The first-order valence-corrected chi connectivity index (χ1v) is 9.58. The van der Waals surface area contributed by atoms with Crippen LogP contribution in [0.1, 0.15) is 28.1 Å². The van der Waals surface area contributed by atoms with Crippen molar-refractivity contribution in [1.29, 1.82) is 5.26 Å². The summed E-state index contributed by atoms with van der Waals surface area (Å²) in [4.78, 5) is 20.6. The van der Waals surface area contributed by atoms with E-state index in [4.69, 9.17) is 5.26 Å². The van der Waals surface area contributed by atoms with Crippen molar-refractivity contribution >= 4 is 0 Å². The Morgan fingerprint density at radius 3 is 2.47 bits per heavy atom. The number of imidazole rings is 1. The van der Waals surface area contributed by atoms with Crippen LogP contribution in [0.5, 0.6) is 0 Å². The lowest BCUT2D eigenvalue weighted by atomic mass is 10.1. The smallest absolute Gasteiger partial charge is 0.330 e. The molecule has 3 aromatic heterocycles. The van der Waals surface area contributed by atoms with Gasteiger partial charge in [0, 0.05) is 37.1 Å². The van der Waals surface area contributed by atoms with Gasteiger partial charge in [-0.25, -0.2) is 9.97 Å². The maximum absolute atomic E-state index is 13.8. The molecular weight excluding hydrogens is 419 g/mol. The molecule has 4 rings (SSSR count). The number of nitrogens with zero attached hydrogens (tertiary/aromatic N) is 5. The number of benzene rings is 1. The van der Waals surface area contributed by atoms with Crippen LogP contribution in [-0.4, -0.2) is 19.1 Å². The first kappa shape index (κ1) is 21.1. The summed E-state index contributed by atoms with van der Waals surface area (Å²) in [6.45, 7) is 0.0486. The summed E-state index contributed by atoms with van der Waals surface area (Å²) in [5.74, 6) is -0.0967. The maximum atomic E-state index is 13.8. The molecule has 0 amide bonds. The van der Waals surface area contributed by atoms with Crippen molar-refractivity contribution in [2.75, 3.05) is 0 Å². The third-order valence-electron chi connectivity index (χ3n) is 4.88. The molecule has 0 unspecified atom stereocenters. The minimum atomic E-state index is -4.74. The van der Waals surface area contributed by atoms with Gasteiger partial charge in [0.2, 0.25) is 0 Å². The average Bonchev–Trinajstić information content (AvgIpc) is 3.20. The van der Waals surface area contributed by atoms with E-state index >= 15 is 0 Å². The van der Waals surface area contributed by atoms with Crippen LogP contribution in [0.2, 0.25) is 0 Å². The number of nitriles is 1. The maximum Gasteiger partial charge on any atom is 0.431 e. The van der Waals surface area contributed by atoms with E-state index in [1.165, 1.54) is 30.7 Å². The molecule has 4 aromatic rings. The highest BCUT2D eigenvalue weighted by Crippen LogP contribution is 2.30. The molecule has 0 aliphatic heterocycles. The van der Waals surface area contributed by atoms with E-state index in [9.17, 15) is 18.0 Å². The molecule has 0 saturated carbocycles. The average molecular weight is 435 g/mol. The van der Waals surface area contributed by atoms with Gasteiger partial charge in [0.15, 0.2) is 0 Å². The lowest BCUT2D eigenvalue weighted by Crippen LogP contribution is -2.28. The second kappa shape index (κ2) is 8.51. The summed E-state index contributed by atoms with van der Waals surface area (Å²) in [6.07, 6.45) is 0.195. The molecular formula is C23H16F3N5O. The fourth-order valence-electron chi connectivity index (χ4n) is 3.39. The Labute approximate surface area is 180 Å². The molecule has 0 aliphatic carbocycles. The summed E-state index contributed by atoms with van der Waals surface area (Å²) in [5, 5.41) is 8.91. The zero-order valence-electron chi connectivity index (χ0n) is 16.6. The second-order valence-corrected chi connectivity index (χ2v) is 7.11. The fraction of sp³-hybridized carbons (Fsp3) is 0.130. The van der Waals surface area contributed by atoms with Gasteiger partial charge in [-0.05, 0) is 41.5 Å². The van der Waals surface area contributed by atoms with Crippen molar-refractivity contribution in [2.45, 2.75) is 19.1 Å². The number of pyridine rings is 2. The number of hydrogen-bond acceptors (Lipinski definition) is 4. The summed E-state index contributed by atoms with van der Waals surface area (Å²) in [6, 6.07) is 15.6. The van der Waals surface area contributed by atoms with Crippen LogP contribution in [0.25, 0.3) is 5.82 Å². The molecule has 0 spiro atoms. The molecule has 0 bridgehead atoms. The lowest BCUT2D eigenvalue weighted by Gasteiger charge is -2.16. The third-order valence-corrected chi connectivity index (χ3v) is 4.88. The summed E-state index contributed by atoms with van der Waals surface area (Å²) in [7, 11) is 0. The van der Waals surface area contributed by atoms with E-state index in [1.807, 2.05) is 12.1 Å². The van der Waals surface area contributed by atoms with Crippen molar-refractivity contribution < 1.29 is 13.2 Å². The van der Waals surface area contributed by atoms with Crippen LogP contribution < -0.4 is 5.56 Å². The second-order valence-electron chi connectivity index (χ2n) is 7.11. The van der Waals surface area contributed by atoms with Crippen LogP contribution >= 0.6 is 0 Å². The normalized spacial score (nSPS) is 11.3. The fourth-order valence-corrected chi connectivity index (χ4v) is 3.39. The molecule has 0 atom stereocenters. The van der Waals surface area contributed by atoms with Crippen molar-refractivity contribution in [1.82, 2.24) is 19.1 Å². The topological polar surface area (TPSA) is 76.5 Å². The lowest BCUT2D eigenvalue weighted by molar-refractivity contribution is -0.143. The zero-order chi connectivity index (χ0) is 22.7. The zero-order valence-corrected chi connectivity index (χ0v) is 16.6. The molecule has 9 heteroatoms. The van der Waals surface area contributed by atoms with Crippen LogP contribution in [0, 0.1) is 11.3 Å². The van der Waals surface area contributed by atoms with Gasteiger partial charge in [0.05, 0.1) is 18.0 Å². The molecule has 0 aliphatic rings. The molecule has 0 radical (unpaired) electrons. The Morgan fingerprint density at radius 2 is 1.81 bits per heavy atom. The Kier molecular flexibility index (Phi) is 5.60. The number of rotatable bonds is 5. The Balaban J connectivity index is 1.68. The highest BCUT2D eigenvalue weighted by molar-refractivity contribution is 5.34. The van der Waals surface area contributed by atoms with Gasteiger partial charge in [-0.3, -0.25) is 9.36 Å². The van der Waals surface area contributed by atoms with Crippen LogP contribution in [0.15, 0.2) is 78.1 Å². The number of aromatic nitrogens is 4. The summed E-state index contributed by atoms with van der Waals surface area (Å²) < 4.78 is 43.6. The van der Waals surface area contributed by atoms with Crippen LogP contribution in [0.4, 0.5) is 13.2 Å². The monoisotopic (exact) mass is 435 g/mol. The molecule has 3 heterocycles. The van der Waals surface area contributed by atoms with E-state index in [0.29, 0.717) is 16.6 Å².